The summed E-state index contributed by atoms with van der Waals surface area (Å²) in [5.74, 6) is -1.35. The van der Waals surface area contributed by atoms with Gasteiger partial charge in [0.15, 0.2) is 6.61 Å². The minimum Gasteiger partial charge on any atom is -0.452 e. The Kier molecular flexibility index (Phi) is 4.13. The van der Waals surface area contributed by atoms with E-state index in [1.54, 1.807) is 12.3 Å². The molecular weight excluding hydrogens is 300 g/mol. The summed E-state index contributed by atoms with van der Waals surface area (Å²) in [7, 11) is 0. The molecule has 1 heterocycles. The molecule has 2 N–H and O–H groups in total. The van der Waals surface area contributed by atoms with Gasteiger partial charge in [-0.1, -0.05) is 0 Å². The van der Waals surface area contributed by atoms with Crippen LogP contribution in [0.5, 0.6) is 0 Å². The van der Waals surface area contributed by atoms with Crippen LogP contribution in [0.15, 0.2) is 30.6 Å². The van der Waals surface area contributed by atoms with Crippen LogP contribution in [0.3, 0.4) is 0 Å². The molecule has 0 unspecified atom stereocenters. The van der Waals surface area contributed by atoms with Crippen LogP contribution in [0.4, 0.5) is 4.79 Å². The van der Waals surface area contributed by atoms with Crippen molar-refractivity contribution in [3.8, 4) is 0 Å². The lowest BCUT2D eigenvalue weighted by molar-refractivity contribution is -0.123. The van der Waals surface area contributed by atoms with E-state index in [4.69, 9.17) is 4.74 Å². The molecule has 0 atom stereocenters. The van der Waals surface area contributed by atoms with E-state index in [0.29, 0.717) is 11.0 Å². The van der Waals surface area contributed by atoms with E-state index < -0.39 is 24.5 Å². The Morgan fingerprint density at radius 1 is 1.13 bits per heavy atom. The molecule has 0 radical (unpaired) electrons. The number of carbonyl (C=O) groups is 3. The summed E-state index contributed by atoms with van der Waals surface area (Å²) in [6, 6.07) is 4.28. The fourth-order valence-electron chi connectivity index (χ4n) is 1.92. The van der Waals surface area contributed by atoms with Crippen molar-refractivity contribution in [3.63, 3.8) is 0 Å². The molecule has 0 saturated heterocycles. The number of carbonyl (C=O) groups excluding carboxylic acids is 3. The summed E-state index contributed by atoms with van der Waals surface area (Å²) < 4.78 is 4.88. The molecule has 1 aliphatic rings. The minimum atomic E-state index is -0.683. The quantitative estimate of drug-likeness (QED) is 0.807. The predicted octanol–water partition coefficient (Wildman–Crippen LogP) is 0.775. The molecule has 23 heavy (non-hydrogen) atoms. The number of aromatic nitrogens is 2. The first-order valence-corrected chi connectivity index (χ1v) is 7.10. The number of fused-ring (bicyclic) bond motifs is 1. The van der Waals surface area contributed by atoms with Crippen molar-refractivity contribution in [3.05, 3.63) is 36.2 Å². The van der Waals surface area contributed by atoms with Gasteiger partial charge in [0.1, 0.15) is 0 Å². The van der Waals surface area contributed by atoms with Crippen molar-refractivity contribution in [2.75, 3.05) is 6.61 Å². The van der Waals surface area contributed by atoms with Gasteiger partial charge in [0, 0.05) is 18.4 Å². The van der Waals surface area contributed by atoms with Gasteiger partial charge in [0.25, 0.3) is 5.91 Å². The Morgan fingerprint density at radius 2 is 1.87 bits per heavy atom. The maximum Gasteiger partial charge on any atom is 0.338 e. The van der Waals surface area contributed by atoms with Gasteiger partial charge in [-0.15, -0.1) is 0 Å². The first kappa shape index (κ1) is 14.9. The first-order chi connectivity index (χ1) is 11.1. The third-order valence-electron chi connectivity index (χ3n) is 3.20. The highest BCUT2D eigenvalue weighted by Crippen LogP contribution is 2.18. The number of amides is 3. The van der Waals surface area contributed by atoms with Crippen LogP contribution in [0.2, 0.25) is 0 Å². The molecule has 1 fully saturated rings. The number of ether oxygens (including phenoxy) is 1. The van der Waals surface area contributed by atoms with E-state index in [0.717, 1.165) is 12.8 Å². The van der Waals surface area contributed by atoms with Gasteiger partial charge in [-0.3, -0.25) is 20.1 Å². The zero-order chi connectivity index (χ0) is 16.2. The van der Waals surface area contributed by atoms with Gasteiger partial charge in [0.2, 0.25) is 0 Å². The molecule has 0 aliphatic heterocycles. The summed E-state index contributed by atoms with van der Waals surface area (Å²) in [5.41, 5.74) is 1.46. The summed E-state index contributed by atoms with van der Waals surface area (Å²) in [6.45, 7) is -0.532. The Hall–Kier alpha value is -3.03. The maximum atomic E-state index is 11.9. The molecule has 8 heteroatoms. The van der Waals surface area contributed by atoms with Gasteiger partial charge in [-0.25, -0.2) is 9.59 Å². The number of benzene rings is 1. The SMILES string of the molecule is O=C(COC(=O)c1ccc2nccnc2c1)NC(=O)NC1CC1. The van der Waals surface area contributed by atoms with Crippen LogP contribution in [-0.2, 0) is 9.53 Å². The van der Waals surface area contributed by atoms with Gasteiger partial charge in [0.05, 0.1) is 16.6 Å². The van der Waals surface area contributed by atoms with Crippen molar-refractivity contribution < 1.29 is 19.1 Å². The molecular formula is C15H14N4O4. The molecule has 1 aliphatic carbocycles. The molecule has 8 nitrogen and oxygen atoms in total. The number of imide groups is 1. The van der Waals surface area contributed by atoms with Crippen molar-refractivity contribution >= 4 is 28.9 Å². The van der Waals surface area contributed by atoms with Crippen LogP contribution in [-0.4, -0.2) is 40.5 Å². The fourth-order valence-corrected chi connectivity index (χ4v) is 1.92. The molecule has 1 saturated carbocycles. The van der Waals surface area contributed by atoms with Crippen molar-refractivity contribution in [2.24, 2.45) is 0 Å². The Balaban J connectivity index is 1.53. The Labute approximate surface area is 131 Å². The highest BCUT2D eigenvalue weighted by atomic mass is 16.5. The zero-order valence-corrected chi connectivity index (χ0v) is 12.1. The van der Waals surface area contributed by atoms with E-state index in [1.807, 2.05) is 0 Å². The summed E-state index contributed by atoms with van der Waals surface area (Å²) in [5, 5.41) is 4.70. The zero-order valence-electron chi connectivity index (χ0n) is 12.1. The smallest absolute Gasteiger partial charge is 0.338 e. The van der Waals surface area contributed by atoms with Crippen LogP contribution in [0.1, 0.15) is 23.2 Å². The minimum absolute atomic E-state index is 0.143. The Morgan fingerprint density at radius 3 is 2.61 bits per heavy atom. The second kappa shape index (κ2) is 6.39. The van der Waals surface area contributed by atoms with Gasteiger partial charge < -0.3 is 10.1 Å². The van der Waals surface area contributed by atoms with Crippen LogP contribution >= 0.6 is 0 Å². The second-order valence-electron chi connectivity index (χ2n) is 5.13. The number of nitrogens with one attached hydrogen (secondary N) is 2. The number of hydrogen-bond donors (Lipinski definition) is 2. The van der Waals surface area contributed by atoms with E-state index in [-0.39, 0.29) is 11.6 Å². The van der Waals surface area contributed by atoms with Crippen LogP contribution in [0, 0.1) is 0 Å². The standard InChI is InChI=1S/C15H14N4O4/c20-13(19-15(22)18-10-2-3-10)8-23-14(21)9-1-4-11-12(7-9)17-6-5-16-11/h1,4-7,10H,2-3,8H2,(H2,18,19,20,22). The third kappa shape index (κ3) is 4.00. The van der Waals surface area contributed by atoms with E-state index >= 15 is 0 Å². The number of urea groups is 1. The second-order valence-corrected chi connectivity index (χ2v) is 5.13. The topological polar surface area (TPSA) is 110 Å². The van der Waals surface area contributed by atoms with Crippen molar-refractivity contribution in [1.82, 2.24) is 20.6 Å². The number of rotatable bonds is 4. The van der Waals surface area contributed by atoms with Crippen molar-refractivity contribution in [1.29, 1.82) is 0 Å². The van der Waals surface area contributed by atoms with E-state index in [2.05, 4.69) is 20.6 Å². The third-order valence-corrected chi connectivity index (χ3v) is 3.20. The molecule has 2 aromatic rings. The normalized spacial score (nSPS) is 13.4. The van der Waals surface area contributed by atoms with Crippen molar-refractivity contribution in [2.45, 2.75) is 18.9 Å². The molecule has 1 aromatic carbocycles. The monoisotopic (exact) mass is 314 g/mol. The summed E-state index contributed by atoms with van der Waals surface area (Å²) >= 11 is 0. The highest BCUT2D eigenvalue weighted by molar-refractivity contribution is 5.98. The molecule has 3 rings (SSSR count). The lowest BCUT2D eigenvalue weighted by Gasteiger charge is -2.07. The van der Waals surface area contributed by atoms with Crippen LogP contribution < -0.4 is 10.6 Å². The lowest BCUT2D eigenvalue weighted by Crippen LogP contribution is -2.42. The number of esters is 1. The van der Waals surface area contributed by atoms with E-state index in [9.17, 15) is 14.4 Å². The summed E-state index contributed by atoms with van der Waals surface area (Å²) in [4.78, 5) is 43.0. The largest absolute Gasteiger partial charge is 0.452 e. The molecule has 0 bridgehead atoms. The maximum absolute atomic E-state index is 11.9. The summed E-state index contributed by atoms with van der Waals surface area (Å²) in [6.07, 6.45) is 4.91. The van der Waals surface area contributed by atoms with E-state index in [1.165, 1.54) is 18.3 Å². The van der Waals surface area contributed by atoms with Gasteiger partial charge in [-0.05, 0) is 31.0 Å². The fraction of sp³-hybridized carbons (Fsp3) is 0.267. The molecule has 1 aromatic heterocycles. The molecule has 3 amide bonds. The Bertz CT molecular complexity index is 773. The highest BCUT2D eigenvalue weighted by Gasteiger charge is 2.24. The predicted molar refractivity (Wildman–Crippen MR) is 79.5 cm³/mol. The number of nitrogens with zero attached hydrogens (tertiary/aromatic N) is 2. The first-order valence-electron chi connectivity index (χ1n) is 7.10. The average Bonchev–Trinajstić information content (AvgIpc) is 3.35. The van der Waals surface area contributed by atoms with Gasteiger partial charge >= 0.3 is 12.0 Å². The average molecular weight is 314 g/mol. The lowest BCUT2D eigenvalue weighted by atomic mass is 10.2. The number of hydrogen-bond acceptors (Lipinski definition) is 6. The molecule has 0 spiro atoms. The molecule has 118 valence electrons. The van der Waals surface area contributed by atoms with Gasteiger partial charge in [-0.2, -0.15) is 0 Å². The van der Waals surface area contributed by atoms with Crippen LogP contribution in [0.25, 0.3) is 11.0 Å².